The molecule has 2 heterocycles. The molecule has 2 amide bonds. The van der Waals surface area contributed by atoms with Gasteiger partial charge in [0.15, 0.2) is 0 Å². The van der Waals surface area contributed by atoms with Crippen molar-refractivity contribution in [1.82, 2.24) is 10.2 Å². The standard InChI is InChI=1S/C16H20ClN5OS/c1-10-4-3-5-11(2)22(10)16-21-20-15(24-16)19-14(23)18-13-8-6-12(17)7-9-13/h6-11H,3-5H2,1-2H3,(H2,18,19,20,23)/t10-,11-/m0/s1. The molecular formula is C16H20ClN5OS. The molecule has 0 unspecified atom stereocenters. The number of amides is 2. The highest BCUT2D eigenvalue weighted by atomic mass is 35.5. The van der Waals surface area contributed by atoms with Crippen molar-refractivity contribution in [2.24, 2.45) is 0 Å². The molecule has 1 aromatic carbocycles. The Morgan fingerprint density at radius 2 is 1.83 bits per heavy atom. The van der Waals surface area contributed by atoms with Gasteiger partial charge in [-0.1, -0.05) is 22.9 Å². The predicted molar refractivity (Wildman–Crippen MR) is 99.3 cm³/mol. The van der Waals surface area contributed by atoms with E-state index < -0.39 is 0 Å². The van der Waals surface area contributed by atoms with Gasteiger partial charge in [-0.05, 0) is 57.4 Å². The van der Waals surface area contributed by atoms with Crippen molar-refractivity contribution in [3.63, 3.8) is 0 Å². The molecule has 24 heavy (non-hydrogen) atoms. The summed E-state index contributed by atoms with van der Waals surface area (Å²) in [6.07, 6.45) is 3.56. The minimum Gasteiger partial charge on any atom is -0.341 e. The molecule has 0 bridgehead atoms. The quantitative estimate of drug-likeness (QED) is 0.833. The maximum Gasteiger partial charge on any atom is 0.325 e. The molecular weight excluding hydrogens is 346 g/mol. The molecule has 1 aliphatic heterocycles. The summed E-state index contributed by atoms with van der Waals surface area (Å²) < 4.78 is 0. The zero-order chi connectivity index (χ0) is 17.1. The maximum atomic E-state index is 12.1. The first-order chi connectivity index (χ1) is 11.5. The summed E-state index contributed by atoms with van der Waals surface area (Å²) in [5, 5.41) is 15.8. The molecule has 2 N–H and O–H groups in total. The molecule has 1 fully saturated rings. The number of piperidine rings is 1. The molecule has 1 aromatic heterocycles. The van der Waals surface area contributed by atoms with Crippen LogP contribution < -0.4 is 15.5 Å². The number of anilines is 3. The lowest BCUT2D eigenvalue weighted by atomic mass is 9.98. The van der Waals surface area contributed by atoms with E-state index in [9.17, 15) is 4.79 Å². The first-order valence-electron chi connectivity index (χ1n) is 7.98. The van der Waals surface area contributed by atoms with Gasteiger partial charge in [0.2, 0.25) is 10.3 Å². The number of carbonyl (C=O) groups is 1. The van der Waals surface area contributed by atoms with E-state index in [1.54, 1.807) is 24.3 Å². The van der Waals surface area contributed by atoms with E-state index in [1.165, 1.54) is 17.8 Å². The van der Waals surface area contributed by atoms with Gasteiger partial charge in [0.25, 0.3) is 0 Å². The molecule has 8 heteroatoms. The minimum atomic E-state index is -0.347. The second-order valence-electron chi connectivity index (χ2n) is 6.01. The van der Waals surface area contributed by atoms with Crippen LogP contribution in [0.3, 0.4) is 0 Å². The highest BCUT2D eigenvalue weighted by molar-refractivity contribution is 7.19. The third kappa shape index (κ3) is 3.96. The predicted octanol–water partition coefficient (Wildman–Crippen LogP) is 4.60. The molecule has 3 rings (SSSR count). The second kappa shape index (κ2) is 7.36. The summed E-state index contributed by atoms with van der Waals surface area (Å²) in [5.41, 5.74) is 0.667. The Kier molecular flexibility index (Phi) is 5.20. The van der Waals surface area contributed by atoms with Gasteiger partial charge in [-0.3, -0.25) is 5.32 Å². The average Bonchev–Trinajstić information content (AvgIpc) is 2.97. The van der Waals surface area contributed by atoms with Crippen LogP contribution in [0.1, 0.15) is 33.1 Å². The Balaban J connectivity index is 1.63. The number of carbonyl (C=O) groups excluding carboxylic acids is 1. The summed E-state index contributed by atoms with van der Waals surface area (Å²) >= 11 is 7.23. The van der Waals surface area contributed by atoms with Gasteiger partial charge in [0.05, 0.1) is 0 Å². The summed E-state index contributed by atoms with van der Waals surface area (Å²) in [6, 6.07) is 7.46. The third-order valence-electron chi connectivity index (χ3n) is 4.15. The van der Waals surface area contributed by atoms with Crippen LogP contribution in [0.5, 0.6) is 0 Å². The molecule has 0 aliphatic carbocycles. The van der Waals surface area contributed by atoms with Crippen molar-refractivity contribution in [1.29, 1.82) is 0 Å². The Morgan fingerprint density at radius 3 is 2.50 bits per heavy atom. The van der Waals surface area contributed by atoms with Crippen LogP contribution in [-0.4, -0.2) is 28.3 Å². The maximum absolute atomic E-state index is 12.1. The first kappa shape index (κ1) is 17.0. The first-order valence-corrected chi connectivity index (χ1v) is 9.18. The van der Waals surface area contributed by atoms with Crippen LogP contribution in [0.2, 0.25) is 5.02 Å². The largest absolute Gasteiger partial charge is 0.341 e. The molecule has 1 aliphatic rings. The number of hydrogen-bond donors (Lipinski definition) is 2. The summed E-state index contributed by atoms with van der Waals surface area (Å²) in [7, 11) is 0. The number of hydrogen-bond acceptors (Lipinski definition) is 5. The molecule has 0 radical (unpaired) electrons. The third-order valence-corrected chi connectivity index (χ3v) is 5.26. The van der Waals surface area contributed by atoms with Gasteiger partial charge in [-0.15, -0.1) is 10.2 Å². The van der Waals surface area contributed by atoms with Crippen LogP contribution in [0, 0.1) is 0 Å². The lowest BCUT2D eigenvalue weighted by molar-refractivity contribution is 0.262. The van der Waals surface area contributed by atoms with Gasteiger partial charge >= 0.3 is 6.03 Å². The van der Waals surface area contributed by atoms with Crippen LogP contribution >= 0.6 is 22.9 Å². The Hall–Kier alpha value is -1.86. The zero-order valence-electron chi connectivity index (χ0n) is 13.6. The Labute approximate surface area is 150 Å². The molecule has 6 nitrogen and oxygen atoms in total. The van der Waals surface area contributed by atoms with Crippen LogP contribution in [0.25, 0.3) is 0 Å². The zero-order valence-corrected chi connectivity index (χ0v) is 15.2. The number of nitrogens with one attached hydrogen (secondary N) is 2. The van der Waals surface area contributed by atoms with Gasteiger partial charge in [0, 0.05) is 22.8 Å². The Morgan fingerprint density at radius 1 is 1.17 bits per heavy atom. The van der Waals surface area contributed by atoms with Crippen molar-refractivity contribution in [2.45, 2.75) is 45.2 Å². The number of aromatic nitrogens is 2. The number of halogens is 1. The van der Waals surface area contributed by atoms with E-state index in [2.05, 4.69) is 39.6 Å². The molecule has 0 spiro atoms. The highest BCUT2D eigenvalue weighted by Crippen LogP contribution is 2.32. The monoisotopic (exact) mass is 365 g/mol. The van der Waals surface area contributed by atoms with Crippen LogP contribution in [0.15, 0.2) is 24.3 Å². The molecule has 2 atom stereocenters. The topological polar surface area (TPSA) is 70.2 Å². The summed E-state index contributed by atoms with van der Waals surface area (Å²) in [5.74, 6) is 0. The van der Waals surface area contributed by atoms with E-state index in [0.29, 0.717) is 27.9 Å². The number of rotatable bonds is 3. The van der Waals surface area contributed by atoms with Crippen molar-refractivity contribution in [3.8, 4) is 0 Å². The van der Waals surface area contributed by atoms with Gasteiger partial charge in [-0.2, -0.15) is 0 Å². The van der Waals surface area contributed by atoms with Crippen molar-refractivity contribution >= 4 is 44.9 Å². The van der Waals surface area contributed by atoms with Gasteiger partial charge in [0.1, 0.15) is 0 Å². The number of benzene rings is 1. The molecule has 128 valence electrons. The molecule has 0 saturated carbocycles. The van der Waals surface area contributed by atoms with E-state index in [4.69, 9.17) is 11.6 Å². The number of urea groups is 1. The fourth-order valence-corrected chi connectivity index (χ4v) is 4.03. The average molecular weight is 366 g/mol. The molecule has 2 aromatic rings. The lowest BCUT2D eigenvalue weighted by Gasteiger charge is -2.38. The summed E-state index contributed by atoms with van der Waals surface area (Å²) in [4.78, 5) is 14.3. The summed E-state index contributed by atoms with van der Waals surface area (Å²) in [6.45, 7) is 4.41. The van der Waals surface area contributed by atoms with Gasteiger partial charge < -0.3 is 10.2 Å². The lowest BCUT2D eigenvalue weighted by Crippen LogP contribution is -2.43. The van der Waals surface area contributed by atoms with Crippen LogP contribution in [0.4, 0.5) is 20.7 Å². The van der Waals surface area contributed by atoms with E-state index in [-0.39, 0.29) is 6.03 Å². The fraction of sp³-hybridized carbons (Fsp3) is 0.438. The van der Waals surface area contributed by atoms with E-state index in [1.807, 2.05) is 0 Å². The fourth-order valence-electron chi connectivity index (χ4n) is 2.96. The van der Waals surface area contributed by atoms with Crippen molar-refractivity contribution in [2.75, 3.05) is 15.5 Å². The van der Waals surface area contributed by atoms with Crippen molar-refractivity contribution in [3.05, 3.63) is 29.3 Å². The highest BCUT2D eigenvalue weighted by Gasteiger charge is 2.27. The van der Waals surface area contributed by atoms with E-state index in [0.717, 1.165) is 18.0 Å². The minimum absolute atomic E-state index is 0.347. The normalized spacial score (nSPS) is 20.7. The van der Waals surface area contributed by atoms with Gasteiger partial charge in [-0.25, -0.2) is 4.79 Å². The van der Waals surface area contributed by atoms with E-state index >= 15 is 0 Å². The second-order valence-corrected chi connectivity index (χ2v) is 7.40. The smallest absolute Gasteiger partial charge is 0.325 e. The number of nitrogens with zero attached hydrogens (tertiary/aromatic N) is 3. The molecule has 1 saturated heterocycles. The van der Waals surface area contributed by atoms with Crippen molar-refractivity contribution < 1.29 is 4.79 Å². The SMILES string of the molecule is C[C@H]1CCC[C@H](C)N1c1nnc(NC(=O)Nc2ccc(Cl)cc2)s1. The Bertz CT molecular complexity index is 695. The van der Waals surface area contributed by atoms with Crippen LogP contribution in [-0.2, 0) is 0 Å².